The van der Waals surface area contributed by atoms with Crippen molar-refractivity contribution >= 4 is 17.5 Å². The summed E-state index contributed by atoms with van der Waals surface area (Å²) in [6.45, 7) is 3.88. The van der Waals surface area contributed by atoms with Crippen LogP contribution in [0, 0.1) is 5.92 Å². The summed E-state index contributed by atoms with van der Waals surface area (Å²) in [5, 5.41) is 16.2. The van der Waals surface area contributed by atoms with Crippen LogP contribution in [0.4, 0.5) is 5.82 Å². The third-order valence-corrected chi connectivity index (χ3v) is 5.72. The number of amides is 1. The van der Waals surface area contributed by atoms with E-state index in [-0.39, 0.29) is 29.1 Å². The third-order valence-electron chi connectivity index (χ3n) is 5.72. The number of rotatable bonds is 4. The predicted molar refractivity (Wildman–Crippen MR) is 117 cm³/mol. The minimum Gasteiger partial charge on any atom is -0.504 e. The van der Waals surface area contributed by atoms with Crippen LogP contribution < -0.4 is 15.4 Å². The molecule has 7 nitrogen and oxygen atoms in total. The molecule has 0 saturated heterocycles. The van der Waals surface area contributed by atoms with Gasteiger partial charge in [0.05, 0.1) is 7.11 Å². The predicted octanol–water partition coefficient (Wildman–Crippen LogP) is 3.65. The lowest BCUT2D eigenvalue weighted by Crippen LogP contribution is -2.37. The topological polar surface area (TPSA) is 101 Å². The van der Waals surface area contributed by atoms with Crippen molar-refractivity contribution in [3.05, 3.63) is 70.7 Å². The smallest absolute Gasteiger partial charge is 0.255 e. The van der Waals surface area contributed by atoms with E-state index in [4.69, 9.17) is 4.74 Å². The zero-order chi connectivity index (χ0) is 22.1. The van der Waals surface area contributed by atoms with Gasteiger partial charge in [-0.15, -0.1) is 0 Å². The Morgan fingerprint density at radius 3 is 2.77 bits per heavy atom. The first-order valence-electron chi connectivity index (χ1n) is 10.2. The number of allylic oxidation sites excluding steroid dienone is 3. The number of ether oxygens (including phenoxy) is 1. The maximum Gasteiger partial charge on any atom is 0.255 e. The highest BCUT2D eigenvalue weighted by atomic mass is 16.5. The van der Waals surface area contributed by atoms with Crippen molar-refractivity contribution in [1.82, 2.24) is 10.3 Å². The number of hydrogen-bond donors (Lipinski definition) is 3. The summed E-state index contributed by atoms with van der Waals surface area (Å²) in [6, 6.07) is 10.2. The summed E-state index contributed by atoms with van der Waals surface area (Å²) in [5.74, 6) is 0.0564. The normalized spacial score (nSPS) is 20.8. The van der Waals surface area contributed by atoms with Gasteiger partial charge in [0.25, 0.3) is 5.91 Å². The maximum atomic E-state index is 13.4. The first kappa shape index (κ1) is 20.7. The van der Waals surface area contributed by atoms with Gasteiger partial charge in [-0.1, -0.05) is 19.1 Å². The number of dihydropyridines is 1. The van der Waals surface area contributed by atoms with Crippen LogP contribution >= 0.6 is 0 Å². The van der Waals surface area contributed by atoms with Crippen LogP contribution in [0.2, 0.25) is 0 Å². The van der Waals surface area contributed by atoms with Crippen molar-refractivity contribution in [3.8, 4) is 11.5 Å². The lowest BCUT2D eigenvalue weighted by atomic mass is 9.73. The van der Waals surface area contributed by atoms with Crippen molar-refractivity contribution in [2.45, 2.75) is 32.6 Å². The number of benzene rings is 1. The molecule has 1 amide bonds. The molecule has 2 aromatic rings. The minimum atomic E-state index is -0.575. The van der Waals surface area contributed by atoms with Crippen LogP contribution in [0.3, 0.4) is 0 Å². The minimum absolute atomic E-state index is 0.00170. The van der Waals surface area contributed by atoms with Crippen molar-refractivity contribution in [2.75, 3.05) is 12.4 Å². The molecule has 0 unspecified atom stereocenters. The molecule has 31 heavy (non-hydrogen) atoms. The molecule has 0 spiro atoms. The molecular formula is C24H25N3O4. The number of nitrogens with one attached hydrogen (secondary N) is 2. The van der Waals surface area contributed by atoms with E-state index in [1.807, 2.05) is 13.8 Å². The number of phenolic OH excluding ortho intramolecular Hbond substituents is 1. The van der Waals surface area contributed by atoms with Crippen LogP contribution in [-0.4, -0.2) is 28.9 Å². The number of carbonyl (C=O) groups is 2. The number of hydrogen-bond acceptors (Lipinski definition) is 6. The lowest BCUT2D eigenvalue weighted by Gasteiger charge is -2.36. The number of nitrogens with zero attached hydrogens (tertiary/aromatic N) is 1. The quantitative estimate of drug-likeness (QED) is 0.699. The molecule has 0 bridgehead atoms. The van der Waals surface area contributed by atoms with Crippen LogP contribution in [0.1, 0.15) is 38.2 Å². The Balaban J connectivity index is 1.83. The molecule has 160 valence electrons. The Morgan fingerprint density at radius 2 is 2.06 bits per heavy atom. The Morgan fingerprint density at radius 1 is 1.26 bits per heavy atom. The molecule has 7 heteroatoms. The second-order valence-electron chi connectivity index (χ2n) is 8.03. The van der Waals surface area contributed by atoms with Crippen molar-refractivity contribution in [1.29, 1.82) is 0 Å². The molecule has 2 atom stereocenters. The van der Waals surface area contributed by atoms with E-state index >= 15 is 0 Å². The van der Waals surface area contributed by atoms with Gasteiger partial charge in [-0.3, -0.25) is 9.59 Å². The summed E-state index contributed by atoms with van der Waals surface area (Å²) in [4.78, 5) is 30.7. The van der Waals surface area contributed by atoms with Gasteiger partial charge in [-0.25, -0.2) is 4.98 Å². The largest absolute Gasteiger partial charge is 0.504 e. The molecule has 1 aliphatic carbocycles. The van der Waals surface area contributed by atoms with E-state index in [1.54, 1.807) is 36.5 Å². The molecule has 2 heterocycles. The number of methoxy groups -OCH3 is 1. The van der Waals surface area contributed by atoms with E-state index in [0.29, 0.717) is 34.6 Å². The standard InChI is InChI=1S/C24H25N3O4/c1-13-10-16-23(18(29)11-13)22(15-7-8-17(28)19(12-15)31-3)21(14(2)26-16)24(30)27-20-6-4-5-9-25-20/h4-9,12-13,22,26,28H,10-11H2,1-3H3,(H,25,27,30)/t13-,22+/m0/s1. The zero-order valence-corrected chi connectivity index (χ0v) is 17.7. The van der Waals surface area contributed by atoms with E-state index in [1.165, 1.54) is 13.2 Å². The van der Waals surface area contributed by atoms with Gasteiger partial charge in [0, 0.05) is 41.1 Å². The Kier molecular flexibility index (Phi) is 5.50. The first-order chi connectivity index (χ1) is 14.9. The monoisotopic (exact) mass is 419 g/mol. The van der Waals surface area contributed by atoms with Gasteiger partial charge < -0.3 is 20.5 Å². The average molecular weight is 419 g/mol. The number of Topliss-reactive ketones (excluding diaryl/α,β-unsaturated/α-hetero) is 1. The fourth-order valence-electron chi connectivity index (χ4n) is 4.36. The van der Waals surface area contributed by atoms with Gasteiger partial charge in [-0.05, 0) is 49.1 Å². The number of phenols is 1. The maximum absolute atomic E-state index is 13.4. The summed E-state index contributed by atoms with van der Waals surface area (Å²) in [7, 11) is 1.47. The summed E-state index contributed by atoms with van der Waals surface area (Å²) in [5.41, 5.74) is 3.29. The Bertz CT molecular complexity index is 1110. The van der Waals surface area contributed by atoms with Crippen LogP contribution in [0.5, 0.6) is 11.5 Å². The Hall–Kier alpha value is -3.61. The lowest BCUT2D eigenvalue weighted by molar-refractivity contribution is -0.117. The summed E-state index contributed by atoms with van der Waals surface area (Å²) >= 11 is 0. The Labute approximate surface area is 180 Å². The van der Waals surface area contributed by atoms with E-state index < -0.39 is 5.92 Å². The van der Waals surface area contributed by atoms with Gasteiger partial charge in [0.1, 0.15) is 5.82 Å². The number of pyridine rings is 1. The second-order valence-corrected chi connectivity index (χ2v) is 8.03. The number of anilines is 1. The van der Waals surface area contributed by atoms with Gasteiger partial charge in [0.2, 0.25) is 0 Å². The second kappa shape index (κ2) is 8.26. The van der Waals surface area contributed by atoms with Gasteiger partial charge in [0.15, 0.2) is 17.3 Å². The number of aromatic hydroxyl groups is 1. The average Bonchev–Trinajstić information content (AvgIpc) is 2.73. The SMILES string of the molecule is COc1cc([C@@H]2C(C(=O)Nc3ccccn3)=C(C)NC3=C2C(=O)C[C@@H](C)C3)ccc1O. The molecule has 0 saturated carbocycles. The summed E-state index contributed by atoms with van der Waals surface area (Å²) in [6.07, 6.45) is 2.77. The van der Waals surface area contributed by atoms with Crippen LogP contribution in [0.15, 0.2) is 65.1 Å². The number of carbonyl (C=O) groups excluding carboxylic acids is 2. The van der Waals surface area contributed by atoms with E-state index in [9.17, 15) is 14.7 Å². The highest BCUT2D eigenvalue weighted by molar-refractivity contribution is 6.09. The molecule has 1 aromatic carbocycles. The molecule has 1 aromatic heterocycles. The molecule has 0 fully saturated rings. The van der Waals surface area contributed by atoms with Crippen LogP contribution in [-0.2, 0) is 9.59 Å². The van der Waals surface area contributed by atoms with E-state index in [0.717, 1.165) is 12.1 Å². The molecule has 2 aliphatic rings. The van der Waals surface area contributed by atoms with Crippen molar-refractivity contribution in [2.24, 2.45) is 5.92 Å². The fourth-order valence-corrected chi connectivity index (χ4v) is 4.36. The first-order valence-corrected chi connectivity index (χ1v) is 10.2. The molecule has 0 radical (unpaired) electrons. The fraction of sp³-hybridized carbons (Fsp3) is 0.292. The third kappa shape index (κ3) is 3.91. The highest BCUT2D eigenvalue weighted by Crippen LogP contribution is 2.45. The highest BCUT2D eigenvalue weighted by Gasteiger charge is 2.40. The van der Waals surface area contributed by atoms with Crippen LogP contribution in [0.25, 0.3) is 0 Å². The molecular weight excluding hydrogens is 394 g/mol. The van der Waals surface area contributed by atoms with Crippen molar-refractivity contribution < 1.29 is 19.4 Å². The molecule has 4 rings (SSSR count). The summed E-state index contributed by atoms with van der Waals surface area (Å²) < 4.78 is 5.28. The molecule has 3 N–H and O–H groups in total. The van der Waals surface area contributed by atoms with E-state index in [2.05, 4.69) is 15.6 Å². The molecule has 1 aliphatic heterocycles. The van der Waals surface area contributed by atoms with Gasteiger partial charge >= 0.3 is 0 Å². The van der Waals surface area contributed by atoms with Crippen molar-refractivity contribution in [3.63, 3.8) is 0 Å². The van der Waals surface area contributed by atoms with Gasteiger partial charge in [-0.2, -0.15) is 0 Å². The number of aromatic nitrogens is 1. The number of ketones is 1. The zero-order valence-electron chi connectivity index (χ0n) is 17.7.